The first-order valence-electron chi connectivity index (χ1n) is 11.0. The van der Waals surface area contributed by atoms with Gasteiger partial charge in [0.05, 0.1) is 23.9 Å². The van der Waals surface area contributed by atoms with Crippen LogP contribution in [0.3, 0.4) is 0 Å². The molecule has 0 aliphatic heterocycles. The SMILES string of the molecule is O=C(C=Cc1ccc(C(=O)Nc2ccncc2)cc1)NCc1cccn1-c1ccc(Cl)c(CO)c1Cl. The van der Waals surface area contributed by atoms with Crippen molar-refractivity contribution in [2.24, 2.45) is 0 Å². The number of carbonyl (C=O) groups excluding carboxylic acids is 2. The molecule has 0 spiro atoms. The van der Waals surface area contributed by atoms with E-state index in [1.54, 1.807) is 67.0 Å². The maximum atomic E-state index is 12.4. The van der Waals surface area contributed by atoms with Crippen molar-refractivity contribution < 1.29 is 14.7 Å². The molecular weight excluding hydrogens is 499 g/mol. The predicted molar refractivity (Wildman–Crippen MR) is 141 cm³/mol. The van der Waals surface area contributed by atoms with E-state index < -0.39 is 0 Å². The summed E-state index contributed by atoms with van der Waals surface area (Å²) < 4.78 is 1.83. The molecule has 2 heterocycles. The second kappa shape index (κ2) is 11.7. The van der Waals surface area contributed by atoms with Crippen LogP contribution in [0.4, 0.5) is 5.69 Å². The molecule has 0 saturated carbocycles. The lowest BCUT2D eigenvalue weighted by molar-refractivity contribution is -0.116. The van der Waals surface area contributed by atoms with Gasteiger partial charge in [-0.1, -0.05) is 35.3 Å². The Balaban J connectivity index is 1.36. The lowest BCUT2D eigenvalue weighted by Crippen LogP contribution is -2.21. The van der Waals surface area contributed by atoms with Gasteiger partial charge < -0.3 is 20.3 Å². The maximum Gasteiger partial charge on any atom is 0.255 e. The third kappa shape index (κ3) is 6.01. The van der Waals surface area contributed by atoms with Crippen LogP contribution >= 0.6 is 23.2 Å². The van der Waals surface area contributed by atoms with E-state index in [1.165, 1.54) is 6.08 Å². The van der Waals surface area contributed by atoms with E-state index in [9.17, 15) is 14.7 Å². The van der Waals surface area contributed by atoms with Gasteiger partial charge in [-0.15, -0.1) is 0 Å². The van der Waals surface area contributed by atoms with Gasteiger partial charge in [0, 0.05) is 52.2 Å². The number of pyridine rings is 1. The molecule has 2 aromatic carbocycles. The molecule has 0 unspecified atom stereocenters. The number of aliphatic hydroxyl groups is 1. The predicted octanol–water partition coefficient (Wildman–Crippen LogP) is 5.25. The highest BCUT2D eigenvalue weighted by atomic mass is 35.5. The lowest BCUT2D eigenvalue weighted by atomic mass is 10.1. The molecular formula is C27H22Cl2N4O3. The first-order chi connectivity index (χ1) is 17.5. The lowest BCUT2D eigenvalue weighted by Gasteiger charge is -2.14. The number of nitrogens with zero attached hydrogens (tertiary/aromatic N) is 2. The molecule has 182 valence electrons. The van der Waals surface area contributed by atoms with Crippen molar-refractivity contribution in [3.63, 3.8) is 0 Å². The van der Waals surface area contributed by atoms with Crippen LogP contribution in [-0.2, 0) is 17.9 Å². The molecule has 7 nitrogen and oxygen atoms in total. The highest BCUT2D eigenvalue weighted by Crippen LogP contribution is 2.31. The average Bonchev–Trinajstić information content (AvgIpc) is 3.36. The highest BCUT2D eigenvalue weighted by molar-refractivity contribution is 6.37. The van der Waals surface area contributed by atoms with E-state index in [-0.39, 0.29) is 25.0 Å². The summed E-state index contributed by atoms with van der Waals surface area (Å²) in [5.74, 6) is -0.509. The summed E-state index contributed by atoms with van der Waals surface area (Å²) in [6.07, 6.45) is 8.12. The molecule has 3 N–H and O–H groups in total. The number of aliphatic hydroxyl groups excluding tert-OH is 1. The smallest absolute Gasteiger partial charge is 0.255 e. The average molecular weight is 521 g/mol. The van der Waals surface area contributed by atoms with E-state index in [1.807, 2.05) is 22.9 Å². The maximum absolute atomic E-state index is 12.4. The van der Waals surface area contributed by atoms with Crippen molar-refractivity contribution in [1.29, 1.82) is 0 Å². The minimum Gasteiger partial charge on any atom is -0.392 e. The Labute approximate surface area is 218 Å². The molecule has 0 bridgehead atoms. The molecule has 4 aromatic rings. The first-order valence-corrected chi connectivity index (χ1v) is 11.7. The molecule has 0 fully saturated rings. The molecule has 4 rings (SSSR count). The van der Waals surface area contributed by atoms with Gasteiger partial charge in [0.25, 0.3) is 5.91 Å². The van der Waals surface area contributed by atoms with Crippen molar-refractivity contribution in [3.8, 4) is 5.69 Å². The number of halogens is 2. The summed E-state index contributed by atoms with van der Waals surface area (Å²) in [5, 5.41) is 15.9. The number of nitrogens with one attached hydrogen (secondary N) is 2. The Bertz CT molecular complexity index is 1400. The topological polar surface area (TPSA) is 96.3 Å². The van der Waals surface area contributed by atoms with Crippen molar-refractivity contribution in [2.75, 3.05) is 5.32 Å². The summed E-state index contributed by atoms with van der Waals surface area (Å²) in [6.45, 7) is -0.0161. The number of benzene rings is 2. The Morgan fingerprint density at radius 2 is 1.75 bits per heavy atom. The number of aromatic nitrogens is 2. The first kappa shape index (κ1) is 25.2. The van der Waals surface area contributed by atoms with Gasteiger partial charge in [0.15, 0.2) is 0 Å². The fourth-order valence-electron chi connectivity index (χ4n) is 3.50. The largest absolute Gasteiger partial charge is 0.392 e. The van der Waals surface area contributed by atoms with Gasteiger partial charge in [-0.2, -0.15) is 0 Å². The standard InChI is InChI=1S/C27H22Cl2N4O3/c28-23-8-9-24(26(29)22(23)17-34)33-15-1-2-21(33)16-31-25(35)10-5-18-3-6-19(7-4-18)27(36)32-20-11-13-30-14-12-20/h1-15,34H,16-17H2,(H,31,35)(H,30,32,36). The van der Waals surface area contributed by atoms with E-state index in [4.69, 9.17) is 23.2 Å². The molecule has 2 aromatic heterocycles. The molecule has 9 heteroatoms. The van der Waals surface area contributed by atoms with Gasteiger partial charge in [-0.3, -0.25) is 14.6 Å². The minimum absolute atomic E-state index is 0.232. The third-order valence-electron chi connectivity index (χ3n) is 5.40. The second-order valence-corrected chi connectivity index (χ2v) is 8.54. The van der Waals surface area contributed by atoms with Gasteiger partial charge >= 0.3 is 0 Å². The van der Waals surface area contributed by atoms with Gasteiger partial charge in [0.1, 0.15) is 0 Å². The number of rotatable bonds is 8. The molecule has 0 aliphatic rings. The molecule has 0 radical (unpaired) electrons. The van der Waals surface area contributed by atoms with Gasteiger partial charge in [0.2, 0.25) is 5.91 Å². The summed E-state index contributed by atoms with van der Waals surface area (Å²) >= 11 is 12.5. The van der Waals surface area contributed by atoms with Crippen LogP contribution in [0, 0.1) is 0 Å². The fourth-order valence-corrected chi connectivity index (χ4v) is 4.09. The molecule has 0 atom stereocenters. The zero-order chi connectivity index (χ0) is 25.5. The van der Waals surface area contributed by atoms with Crippen LogP contribution in [0.25, 0.3) is 11.8 Å². The van der Waals surface area contributed by atoms with Crippen molar-refractivity contribution >= 4 is 46.8 Å². The minimum atomic E-state index is -0.278. The molecule has 2 amide bonds. The van der Waals surface area contributed by atoms with Crippen LogP contribution in [0.1, 0.15) is 27.2 Å². The zero-order valence-corrected chi connectivity index (χ0v) is 20.5. The fraction of sp³-hybridized carbons (Fsp3) is 0.0741. The Kier molecular flexibility index (Phi) is 8.17. The molecule has 36 heavy (non-hydrogen) atoms. The number of carbonyl (C=O) groups is 2. The Hall–Kier alpha value is -3.91. The summed E-state index contributed by atoms with van der Waals surface area (Å²) in [7, 11) is 0. The number of hydrogen-bond acceptors (Lipinski definition) is 4. The van der Waals surface area contributed by atoms with E-state index in [2.05, 4.69) is 15.6 Å². The van der Waals surface area contributed by atoms with Crippen molar-refractivity contribution in [3.05, 3.63) is 118 Å². The Morgan fingerprint density at radius 3 is 2.47 bits per heavy atom. The van der Waals surface area contributed by atoms with Crippen LogP contribution in [0.5, 0.6) is 0 Å². The summed E-state index contributed by atoms with van der Waals surface area (Å²) in [6, 6.07) is 17.5. The summed E-state index contributed by atoms with van der Waals surface area (Å²) in [5.41, 5.74) is 3.84. The van der Waals surface area contributed by atoms with Crippen LogP contribution in [-0.4, -0.2) is 26.5 Å². The van der Waals surface area contributed by atoms with E-state index in [0.717, 1.165) is 11.3 Å². The normalized spacial score (nSPS) is 11.0. The summed E-state index contributed by atoms with van der Waals surface area (Å²) in [4.78, 5) is 28.7. The number of hydrogen-bond donors (Lipinski definition) is 3. The number of amides is 2. The Morgan fingerprint density at radius 1 is 1.00 bits per heavy atom. The monoisotopic (exact) mass is 520 g/mol. The van der Waals surface area contributed by atoms with E-state index >= 15 is 0 Å². The van der Waals surface area contributed by atoms with Gasteiger partial charge in [-0.05, 0) is 60.2 Å². The van der Waals surface area contributed by atoms with Crippen molar-refractivity contribution in [1.82, 2.24) is 14.9 Å². The molecule has 0 aliphatic carbocycles. The second-order valence-electron chi connectivity index (χ2n) is 7.75. The van der Waals surface area contributed by atoms with Crippen LogP contribution in [0.2, 0.25) is 10.0 Å². The van der Waals surface area contributed by atoms with Gasteiger partial charge in [-0.25, -0.2) is 0 Å². The third-order valence-corrected chi connectivity index (χ3v) is 6.17. The number of anilines is 1. The van der Waals surface area contributed by atoms with Crippen molar-refractivity contribution in [2.45, 2.75) is 13.2 Å². The van der Waals surface area contributed by atoms with E-state index in [0.29, 0.717) is 32.5 Å². The highest BCUT2D eigenvalue weighted by Gasteiger charge is 2.13. The van der Waals surface area contributed by atoms with Crippen LogP contribution in [0.15, 0.2) is 85.3 Å². The zero-order valence-electron chi connectivity index (χ0n) is 19.0. The quantitative estimate of drug-likeness (QED) is 0.276. The molecule has 0 saturated heterocycles. The van der Waals surface area contributed by atoms with Crippen LogP contribution < -0.4 is 10.6 Å².